The average molecular weight is 505 g/mol. The molecule has 3 nitrogen and oxygen atoms in total. The van der Waals surface area contributed by atoms with E-state index in [0.29, 0.717) is 19.1 Å². The summed E-state index contributed by atoms with van der Waals surface area (Å²) >= 11 is 0. The van der Waals surface area contributed by atoms with Crippen LogP contribution in [0.3, 0.4) is 0 Å². The second-order valence-electron chi connectivity index (χ2n) is 13.0. The third kappa shape index (κ3) is 7.16. The lowest BCUT2D eigenvalue weighted by Crippen LogP contribution is -2.67. The summed E-state index contributed by atoms with van der Waals surface area (Å²) in [6, 6.07) is 10.4. The van der Waals surface area contributed by atoms with Gasteiger partial charge in [-0.05, 0) is 55.4 Å². The van der Waals surface area contributed by atoms with Crippen molar-refractivity contribution in [2.75, 3.05) is 13.7 Å². The third-order valence-electron chi connectivity index (χ3n) is 8.29. The number of hydrogen-bond acceptors (Lipinski definition) is 3. The largest absolute Gasteiger partial charge is 0.387 e. The second kappa shape index (κ2) is 12.0. The molecule has 0 heterocycles. The first-order valence-corrected chi connectivity index (χ1v) is 20.3. The molecule has 1 N–H and O–H groups in total. The molecule has 0 amide bonds. The molecule has 0 saturated heterocycles. The molecule has 34 heavy (non-hydrogen) atoms. The zero-order valence-electron chi connectivity index (χ0n) is 23.7. The van der Waals surface area contributed by atoms with E-state index in [9.17, 15) is 5.11 Å². The first-order valence-electron chi connectivity index (χ1n) is 13.3. The summed E-state index contributed by atoms with van der Waals surface area (Å²) < 4.78 is 12.4. The van der Waals surface area contributed by atoms with Crippen molar-refractivity contribution in [2.45, 2.75) is 97.3 Å². The Labute approximate surface area is 212 Å². The quantitative estimate of drug-likeness (QED) is 0.320. The number of rotatable bonds is 11. The van der Waals surface area contributed by atoms with Gasteiger partial charge < -0.3 is 14.6 Å². The van der Waals surface area contributed by atoms with Gasteiger partial charge in [0.05, 0.1) is 34.1 Å². The first-order chi connectivity index (χ1) is 15.7. The van der Waals surface area contributed by atoms with E-state index in [2.05, 4.69) is 90.4 Å². The van der Waals surface area contributed by atoms with E-state index in [1.165, 1.54) is 10.8 Å². The predicted octanol–water partition coefficient (Wildman–Crippen LogP) is 7.34. The molecule has 2 rings (SSSR count). The highest BCUT2D eigenvalue weighted by Gasteiger charge is 2.58. The Bertz CT molecular complexity index is 781. The topological polar surface area (TPSA) is 38.7 Å². The molecule has 5 heteroatoms. The fourth-order valence-electron chi connectivity index (χ4n) is 6.05. The molecule has 1 aromatic rings. The van der Waals surface area contributed by atoms with Crippen LogP contribution < -0.4 is 0 Å². The van der Waals surface area contributed by atoms with E-state index in [-0.39, 0.29) is 23.5 Å². The SMILES string of the molecule is CO[C@@H]([C@]1(O)[C@@H](C/C=C(\C)[Si](C)(C)C)[C@H](C)CC[C@H]1[C@@H](C)COCc1ccccc1)[Si](C)(C)C. The number of hydrogen-bond donors (Lipinski definition) is 1. The highest BCUT2D eigenvalue weighted by atomic mass is 28.3. The molecule has 1 aliphatic carbocycles. The number of ether oxygens (including phenoxy) is 2. The molecule has 0 aromatic heterocycles. The molecule has 0 unspecified atom stereocenters. The molecule has 0 spiro atoms. The van der Waals surface area contributed by atoms with Gasteiger partial charge in [0.15, 0.2) is 0 Å². The van der Waals surface area contributed by atoms with Crippen LogP contribution in [0.5, 0.6) is 0 Å². The van der Waals surface area contributed by atoms with Gasteiger partial charge in [-0.15, -0.1) is 0 Å². The van der Waals surface area contributed by atoms with E-state index in [1.54, 1.807) is 0 Å². The van der Waals surface area contributed by atoms with Crippen LogP contribution in [0.25, 0.3) is 0 Å². The lowest BCUT2D eigenvalue weighted by Gasteiger charge is -2.56. The van der Waals surface area contributed by atoms with Crippen LogP contribution in [0.1, 0.15) is 45.6 Å². The highest BCUT2D eigenvalue weighted by Crippen LogP contribution is 2.51. The van der Waals surface area contributed by atoms with Crippen molar-refractivity contribution in [3.8, 4) is 0 Å². The van der Waals surface area contributed by atoms with Gasteiger partial charge in [0.1, 0.15) is 0 Å². The van der Waals surface area contributed by atoms with Crippen LogP contribution >= 0.6 is 0 Å². The van der Waals surface area contributed by atoms with Crippen LogP contribution in [-0.2, 0) is 16.1 Å². The van der Waals surface area contributed by atoms with Gasteiger partial charge >= 0.3 is 0 Å². The third-order valence-corrected chi connectivity index (χ3v) is 13.1. The molecular formula is C29H52O3Si2. The monoisotopic (exact) mass is 504 g/mol. The molecule has 194 valence electrons. The standard InChI is InChI=1S/C29H52O3Si2/c1-22-16-18-27(23(2)20-32-21-25-14-12-11-13-15-25)29(30,28(31-4)34(8,9)10)26(22)19-17-24(3)33(5,6)7/h11-15,17,22-23,26-28,30H,16,18-21H2,1-10H3/b24-17+/t22-,23+,26+,27+,28-,29+/m1/s1. The molecule has 1 saturated carbocycles. The van der Waals surface area contributed by atoms with Crippen molar-refractivity contribution in [1.29, 1.82) is 0 Å². The van der Waals surface area contributed by atoms with Crippen molar-refractivity contribution in [1.82, 2.24) is 0 Å². The van der Waals surface area contributed by atoms with E-state index in [1.807, 2.05) is 13.2 Å². The Hall–Kier alpha value is -0.726. The lowest BCUT2D eigenvalue weighted by atomic mass is 9.59. The van der Waals surface area contributed by atoms with Crippen LogP contribution in [0, 0.1) is 23.7 Å². The van der Waals surface area contributed by atoms with Crippen LogP contribution in [-0.4, -0.2) is 46.3 Å². The summed E-state index contributed by atoms with van der Waals surface area (Å²) in [5.41, 5.74) is 0.252. The summed E-state index contributed by atoms with van der Waals surface area (Å²) in [6.45, 7) is 22.4. The zero-order valence-corrected chi connectivity index (χ0v) is 25.7. The van der Waals surface area contributed by atoms with Gasteiger partial charge in [-0.2, -0.15) is 0 Å². The van der Waals surface area contributed by atoms with Gasteiger partial charge in [0.2, 0.25) is 0 Å². The molecule has 1 aliphatic rings. The van der Waals surface area contributed by atoms with Crippen molar-refractivity contribution >= 4 is 16.1 Å². The Morgan fingerprint density at radius 3 is 2.26 bits per heavy atom. The smallest absolute Gasteiger partial charge is 0.0943 e. The van der Waals surface area contributed by atoms with Crippen molar-refractivity contribution in [3.63, 3.8) is 0 Å². The van der Waals surface area contributed by atoms with Crippen LogP contribution in [0.4, 0.5) is 0 Å². The van der Waals surface area contributed by atoms with E-state index in [4.69, 9.17) is 9.47 Å². The molecule has 0 radical (unpaired) electrons. The Morgan fingerprint density at radius 2 is 1.74 bits per heavy atom. The summed E-state index contributed by atoms with van der Waals surface area (Å²) in [5, 5.41) is 14.3. The minimum Gasteiger partial charge on any atom is -0.387 e. The van der Waals surface area contributed by atoms with Gasteiger partial charge in [-0.3, -0.25) is 0 Å². The van der Waals surface area contributed by atoms with Gasteiger partial charge in [0, 0.05) is 13.7 Å². The minimum atomic E-state index is -1.81. The number of benzene rings is 1. The second-order valence-corrected chi connectivity index (χ2v) is 23.5. The summed E-state index contributed by atoms with van der Waals surface area (Å²) in [4.78, 5) is 0. The van der Waals surface area contributed by atoms with Gasteiger partial charge in [-0.25, -0.2) is 0 Å². The normalized spacial score (nSPS) is 28.6. The first kappa shape index (κ1) is 29.5. The molecule has 0 bridgehead atoms. The summed E-state index contributed by atoms with van der Waals surface area (Å²) in [5.74, 6) is 1.10. The maximum atomic E-state index is 12.8. The predicted molar refractivity (Wildman–Crippen MR) is 151 cm³/mol. The summed E-state index contributed by atoms with van der Waals surface area (Å²) in [6.07, 6.45) is 5.58. The number of aliphatic hydroxyl groups is 1. The van der Waals surface area contributed by atoms with Crippen LogP contribution in [0.2, 0.25) is 39.3 Å². The lowest BCUT2D eigenvalue weighted by molar-refractivity contribution is -0.183. The Morgan fingerprint density at radius 1 is 1.12 bits per heavy atom. The molecule has 1 fully saturated rings. The Kier molecular flexibility index (Phi) is 10.4. The Balaban J connectivity index is 2.35. The van der Waals surface area contributed by atoms with Crippen molar-refractivity contribution in [3.05, 3.63) is 47.2 Å². The summed E-state index contributed by atoms with van der Waals surface area (Å²) in [7, 11) is -1.33. The fourth-order valence-corrected chi connectivity index (χ4v) is 9.31. The maximum Gasteiger partial charge on any atom is 0.0943 e. The van der Waals surface area contributed by atoms with Crippen molar-refractivity contribution in [2.24, 2.45) is 23.7 Å². The maximum absolute atomic E-state index is 12.8. The molecule has 0 aliphatic heterocycles. The highest BCUT2D eigenvalue weighted by molar-refractivity contribution is 6.82. The van der Waals surface area contributed by atoms with Crippen molar-refractivity contribution < 1.29 is 14.6 Å². The average Bonchev–Trinajstić information content (AvgIpc) is 2.72. The molecule has 1 aromatic carbocycles. The van der Waals surface area contributed by atoms with Gasteiger partial charge in [-0.1, -0.05) is 94.7 Å². The van der Waals surface area contributed by atoms with Crippen LogP contribution in [0.15, 0.2) is 41.6 Å². The number of methoxy groups -OCH3 is 1. The van der Waals surface area contributed by atoms with E-state index in [0.717, 1.165) is 19.3 Å². The fraction of sp³-hybridized carbons (Fsp3) is 0.724. The molecule has 6 atom stereocenters. The van der Waals surface area contributed by atoms with Gasteiger partial charge in [0.25, 0.3) is 0 Å². The minimum absolute atomic E-state index is 0.102. The zero-order chi connectivity index (χ0) is 25.7. The van der Waals surface area contributed by atoms with E-state index >= 15 is 0 Å². The number of allylic oxidation sites excluding steroid dienone is 2. The molecular weight excluding hydrogens is 452 g/mol. The van der Waals surface area contributed by atoms with E-state index < -0.39 is 21.7 Å².